The van der Waals surface area contributed by atoms with E-state index in [2.05, 4.69) is 5.32 Å². The molecule has 0 saturated carbocycles. The molecule has 62 valence electrons. The number of aliphatic carboxylic acids is 1. The molecule has 0 aromatic heterocycles. The molecule has 12 heavy (non-hydrogen) atoms. The van der Waals surface area contributed by atoms with Crippen LogP contribution in [-0.4, -0.2) is 23.7 Å². The van der Waals surface area contributed by atoms with E-state index in [9.17, 15) is 4.79 Å². The van der Waals surface area contributed by atoms with Gasteiger partial charge in [0.15, 0.2) is 0 Å². The average Bonchev–Trinajstić information content (AvgIpc) is 2.03. The van der Waals surface area contributed by atoms with E-state index in [0.29, 0.717) is 0 Å². The molecular formula is C8H12KNO2. The van der Waals surface area contributed by atoms with Gasteiger partial charge in [0.2, 0.25) is 0 Å². The first-order valence-corrected chi connectivity index (χ1v) is 3.57. The van der Waals surface area contributed by atoms with Crippen LogP contribution in [-0.2, 0) is 4.79 Å². The van der Waals surface area contributed by atoms with Gasteiger partial charge in [-0.15, -0.1) is 0 Å². The van der Waals surface area contributed by atoms with Crippen LogP contribution in [0.1, 0.15) is 7.85 Å². The number of allylic oxidation sites excluding steroid dienone is 2. The number of hydrogen-bond acceptors (Lipinski definition) is 2. The number of rotatable bonds is 3. The van der Waals surface area contributed by atoms with Crippen molar-refractivity contribution < 1.29 is 62.7 Å². The number of carboxylic acids is 1. The third-order valence-electron chi connectivity index (χ3n) is 1.50. The molecule has 0 aromatic carbocycles. The van der Waals surface area contributed by atoms with Gasteiger partial charge in [-0.05, 0) is 6.42 Å². The molecule has 0 amide bonds. The standard InChI is InChI=1S/C8H11NO2.K.H/c10-8(11)6-9-7-4-2-1-3-5-7;;/h1-4,7,9H,5-6H2,(H,10,11);;/q;+1;-1. The number of hydrogen-bond donors (Lipinski definition) is 2. The van der Waals surface area contributed by atoms with Crippen LogP contribution in [0.5, 0.6) is 0 Å². The Morgan fingerprint density at radius 3 is 2.92 bits per heavy atom. The van der Waals surface area contributed by atoms with Gasteiger partial charge in [-0.3, -0.25) is 4.79 Å². The van der Waals surface area contributed by atoms with Crippen molar-refractivity contribution in [1.82, 2.24) is 5.32 Å². The summed E-state index contributed by atoms with van der Waals surface area (Å²) in [5, 5.41) is 11.2. The van der Waals surface area contributed by atoms with E-state index in [-0.39, 0.29) is 65.4 Å². The Balaban J connectivity index is 0. The number of carbonyl (C=O) groups is 1. The zero-order chi connectivity index (χ0) is 8.10. The molecule has 0 radical (unpaired) electrons. The Morgan fingerprint density at radius 2 is 2.42 bits per heavy atom. The van der Waals surface area contributed by atoms with Crippen molar-refractivity contribution in [3.63, 3.8) is 0 Å². The molecule has 3 nitrogen and oxygen atoms in total. The Bertz CT molecular complexity index is 206. The molecule has 1 atom stereocenters. The minimum atomic E-state index is -0.812. The van der Waals surface area contributed by atoms with Gasteiger partial charge in [0.05, 0.1) is 6.54 Å². The minimum absolute atomic E-state index is 0. The fourth-order valence-corrected chi connectivity index (χ4v) is 0.950. The van der Waals surface area contributed by atoms with E-state index in [4.69, 9.17) is 5.11 Å². The van der Waals surface area contributed by atoms with Crippen LogP contribution in [0.25, 0.3) is 0 Å². The Kier molecular flexibility index (Phi) is 7.32. The molecule has 1 aliphatic rings. The molecule has 1 unspecified atom stereocenters. The molecule has 0 aliphatic heterocycles. The Labute approximate surface area is 116 Å². The summed E-state index contributed by atoms with van der Waals surface area (Å²) in [4.78, 5) is 10.1. The first-order valence-electron chi connectivity index (χ1n) is 3.57. The van der Waals surface area contributed by atoms with Crippen molar-refractivity contribution in [2.75, 3.05) is 6.54 Å². The van der Waals surface area contributed by atoms with Crippen molar-refractivity contribution in [2.45, 2.75) is 12.5 Å². The maximum Gasteiger partial charge on any atom is 1.00 e. The molecular weight excluding hydrogens is 181 g/mol. The zero-order valence-corrected chi connectivity index (χ0v) is 10.3. The van der Waals surface area contributed by atoms with Crippen LogP contribution in [0, 0.1) is 0 Å². The van der Waals surface area contributed by atoms with Crippen LogP contribution in [0.15, 0.2) is 24.3 Å². The second-order valence-electron chi connectivity index (χ2n) is 2.43. The smallest absolute Gasteiger partial charge is 1.00 e. The normalized spacial score (nSPS) is 20.2. The monoisotopic (exact) mass is 193 g/mol. The van der Waals surface area contributed by atoms with Crippen LogP contribution < -0.4 is 56.7 Å². The molecule has 0 bridgehead atoms. The van der Waals surface area contributed by atoms with Gasteiger partial charge in [-0.2, -0.15) is 0 Å². The van der Waals surface area contributed by atoms with Gasteiger partial charge in [0.25, 0.3) is 0 Å². The van der Waals surface area contributed by atoms with Crippen LogP contribution in [0.4, 0.5) is 0 Å². The molecule has 2 N–H and O–H groups in total. The summed E-state index contributed by atoms with van der Waals surface area (Å²) in [5.41, 5.74) is 0. The minimum Gasteiger partial charge on any atom is -1.00 e. The summed E-state index contributed by atoms with van der Waals surface area (Å²) in [7, 11) is 0. The zero-order valence-electron chi connectivity index (χ0n) is 8.16. The van der Waals surface area contributed by atoms with E-state index in [1.54, 1.807) is 0 Å². The first-order chi connectivity index (χ1) is 5.29. The van der Waals surface area contributed by atoms with E-state index in [1.165, 1.54) is 0 Å². The van der Waals surface area contributed by atoms with Gasteiger partial charge in [0, 0.05) is 6.04 Å². The second kappa shape index (κ2) is 7.00. The summed E-state index contributed by atoms with van der Waals surface area (Å²) < 4.78 is 0. The van der Waals surface area contributed by atoms with Gasteiger partial charge < -0.3 is 11.8 Å². The third kappa shape index (κ3) is 5.24. The fraction of sp³-hybridized carbons (Fsp3) is 0.375. The largest absolute Gasteiger partial charge is 1.00 e. The maximum atomic E-state index is 10.1. The number of carboxylic acid groups (broad SMARTS) is 1. The molecule has 0 saturated heterocycles. The fourth-order valence-electron chi connectivity index (χ4n) is 0.950. The number of nitrogens with one attached hydrogen (secondary N) is 1. The van der Waals surface area contributed by atoms with E-state index in [0.717, 1.165) is 6.42 Å². The molecule has 1 rings (SSSR count). The van der Waals surface area contributed by atoms with Crippen molar-refractivity contribution >= 4 is 5.97 Å². The summed E-state index contributed by atoms with van der Waals surface area (Å²) in [6, 6.07) is 0.191. The van der Waals surface area contributed by atoms with Crippen molar-refractivity contribution in [3.05, 3.63) is 24.3 Å². The second-order valence-corrected chi connectivity index (χ2v) is 2.43. The predicted molar refractivity (Wildman–Crippen MR) is 43.4 cm³/mol. The van der Waals surface area contributed by atoms with Gasteiger partial charge >= 0.3 is 57.4 Å². The molecule has 0 heterocycles. The molecule has 0 spiro atoms. The van der Waals surface area contributed by atoms with E-state index in [1.807, 2.05) is 24.3 Å². The SMILES string of the molecule is O=C(O)CNC1C=CC=CC1.[H-].[K+]. The van der Waals surface area contributed by atoms with E-state index < -0.39 is 5.97 Å². The molecule has 1 aliphatic carbocycles. The third-order valence-corrected chi connectivity index (χ3v) is 1.50. The quantitative estimate of drug-likeness (QED) is 0.494. The van der Waals surface area contributed by atoms with Crippen LogP contribution >= 0.6 is 0 Å². The van der Waals surface area contributed by atoms with Crippen LogP contribution in [0.2, 0.25) is 0 Å². The topological polar surface area (TPSA) is 49.3 Å². The summed E-state index contributed by atoms with van der Waals surface area (Å²) in [6.07, 6.45) is 8.73. The van der Waals surface area contributed by atoms with Gasteiger partial charge in [0.1, 0.15) is 0 Å². The molecule has 4 heteroatoms. The van der Waals surface area contributed by atoms with Gasteiger partial charge in [-0.25, -0.2) is 0 Å². The summed E-state index contributed by atoms with van der Waals surface area (Å²) in [5.74, 6) is -0.812. The van der Waals surface area contributed by atoms with Gasteiger partial charge in [-0.1, -0.05) is 24.3 Å². The average molecular weight is 193 g/mol. The maximum absolute atomic E-state index is 10.1. The molecule has 0 aromatic rings. The summed E-state index contributed by atoms with van der Waals surface area (Å²) in [6.45, 7) is 0.0306. The van der Waals surface area contributed by atoms with Crippen molar-refractivity contribution in [2.24, 2.45) is 0 Å². The van der Waals surface area contributed by atoms with Crippen molar-refractivity contribution in [3.8, 4) is 0 Å². The van der Waals surface area contributed by atoms with E-state index >= 15 is 0 Å². The van der Waals surface area contributed by atoms with Crippen molar-refractivity contribution in [1.29, 1.82) is 0 Å². The summed E-state index contributed by atoms with van der Waals surface area (Å²) >= 11 is 0. The first kappa shape index (κ1) is 12.5. The molecule has 0 fully saturated rings. The van der Waals surface area contributed by atoms with Crippen LogP contribution in [0.3, 0.4) is 0 Å². The Morgan fingerprint density at radius 1 is 1.67 bits per heavy atom. The Hall–Kier alpha value is 0.546. The predicted octanol–water partition coefficient (Wildman–Crippen LogP) is -2.34.